The molecule has 0 aliphatic carbocycles. The van der Waals surface area contributed by atoms with E-state index in [0.29, 0.717) is 13.1 Å². The molecule has 0 atom stereocenters. The summed E-state index contributed by atoms with van der Waals surface area (Å²) in [5.74, 6) is -0.436. The first-order valence-electron chi connectivity index (χ1n) is 9.93. The predicted molar refractivity (Wildman–Crippen MR) is 125 cm³/mol. The highest BCUT2D eigenvalue weighted by atomic mass is 35.5. The Hall–Kier alpha value is -2.14. The van der Waals surface area contributed by atoms with Gasteiger partial charge in [0.2, 0.25) is 10.0 Å². The maximum atomic E-state index is 13.0. The van der Waals surface area contributed by atoms with Crippen LogP contribution in [-0.2, 0) is 19.9 Å². The number of amides is 1. The molecule has 11 heteroatoms. The van der Waals surface area contributed by atoms with E-state index in [0.717, 1.165) is 6.26 Å². The lowest BCUT2D eigenvalue weighted by Crippen LogP contribution is -2.30. The number of sulfone groups is 1. The Balaban J connectivity index is 2.55. The molecule has 0 radical (unpaired) electrons. The Morgan fingerprint density at radius 2 is 1.62 bits per heavy atom. The molecule has 2 aromatic carbocycles. The molecule has 0 bridgehead atoms. The van der Waals surface area contributed by atoms with Crippen LogP contribution in [0.1, 0.15) is 38.1 Å². The molecule has 0 aromatic heterocycles. The smallest absolute Gasteiger partial charge is 0.257 e. The van der Waals surface area contributed by atoms with Crippen LogP contribution in [0.2, 0.25) is 5.02 Å². The highest BCUT2D eigenvalue weighted by Crippen LogP contribution is 2.31. The minimum absolute atomic E-state index is 0.0106. The number of benzene rings is 2. The molecule has 0 heterocycles. The van der Waals surface area contributed by atoms with Crippen LogP contribution in [0, 0.1) is 0 Å². The normalized spacial score (nSPS) is 12.2. The van der Waals surface area contributed by atoms with E-state index in [-0.39, 0.29) is 37.9 Å². The number of carbonyl (C=O) groups is 1. The number of hydrogen-bond donors (Lipinski definition) is 1. The summed E-state index contributed by atoms with van der Waals surface area (Å²) in [6.07, 6.45) is 0.779. The standard InChI is InChI=1S/C21H27ClN2O6S2/c1-6-24(7-2)32(28,29)16-9-11-20(30-14(3)4)19(13-16)23-21(25)17-12-15(31(5,26)27)8-10-18(17)22/h8-14H,6-7H2,1-5H3,(H,23,25). The van der Waals surface area contributed by atoms with Crippen molar-refractivity contribution >= 4 is 43.1 Å². The molecule has 1 amide bonds. The Morgan fingerprint density at radius 1 is 1.03 bits per heavy atom. The molecule has 2 rings (SSSR count). The van der Waals surface area contributed by atoms with E-state index in [4.69, 9.17) is 16.3 Å². The summed E-state index contributed by atoms with van der Waals surface area (Å²) in [5, 5.41) is 2.66. The van der Waals surface area contributed by atoms with E-state index < -0.39 is 25.8 Å². The Labute approximate surface area is 194 Å². The van der Waals surface area contributed by atoms with Crippen molar-refractivity contribution in [2.45, 2.75) is 43.6 Å². The van der Waals surface area contributed by atoms with Crippen LogP contribution < -0.4 is 10.1 Å². The van der Waals surface area contributed by atoms with Crippen molar-refractivity contribution in [3.8, 4) is 5.75 Å². The van der Waals surface area contributed by atoms with Gasteiger partial charge in [-0.15, -0.1) is 0 Å². The third-order valence-electron chi connectivity index (χ3n) is 4.52. The first kappa shape index (κ1) is 26.1. The Kier molecular flexibility index (Phi) is 8.33. The molecule has 0 aliphatic heterocycles. The molecule has 0 saturated carbocycles. The molecule has 0 unspecified atom stereocenters. The van der Waals surface area contributed by atoms with Gasteiger partial charge < -0.3 is 10.1 Å². The fourth-order valence-corrected chi connectivity index (χ4v) is 5.27. The lowest BCUT2D eigenvalue weighted by molar-refractivity contribution is 0.102. The van der Waals surface area contributed by atoms with E-state index in [9.17, 15) is 21.6 Å². The third-order valence-corrected chi connectivity index (χ3v) is 8.00. The molecule has 8 nitrogen and oxygen atoms in total. The van der Waals surface area contributed by atoms with Crippen LogP contribution in [0.4, 0.5) is 5.69 Å². The van der Waals surface area contributed by atoms with Gasteiger partial charge in [-0.1, -0.05) is 25.4 Å². The van der Waals surface area contributed by atoms with E-state index in [1.807, 2.05) is 0 Å². The SMILES string of the molecule is CCN(CC)S(=O)(=O)c1ccc(OC(C)C)c(NC(=O)c2cc(S(C)(=O)=O)ccc2Cl)c1. The van der Waals surface area contributed by atoms with Gasteiger partial charge in [0.25, 0.3) is 5.91 Å². The van der Waals surface area contributed by atoms with Gasteiger partial charge in [-0.2, -0.15) is 4.31 Å². The van der Waals surface area contributed by atoms with E-state index in [2.05, 4.69) is 5.32 Å². The average molecular weight is 503 g/mol. The van der Waals surface area contributed by atoms with Crippen molar-refractivity contribution in [2.24, 2.45) is 0 Å². The van der Waals surface area contributed by atoms with E-state index >= 15 is 0 Å². The second-order valence-corrected chi connectivity index (χ2v) is 11.6. The van der Waals surface area contributed by atoms with Gasteiger partial charge in [0, 0.05) is 19.3 Å². The molecule has 2 aromatic rings. The van der Waals surface area contributed by atoms with Crippen molar-refractivity contribution in [1.82, 2.24) is 4.31 Å². The highest BCUT2D eigenvalue weighted by molar-refractivity contribution is 7.90. The number of halogens is 1. The Bertz CT molecular complexity index is 1210. The molecule has 0 aliphatic rings. The van der Waals surface area contributed by atoms with Gasteiger partial charge in [-0.3, -0.25) is 4.79 Å². The van der Waals surface area contributed by atoms with Crippen LogP contribution >= 0.6 is 11.6 Å². The van der Waals surface area contributed by atoms with Crippen molar-refractivity contribution in [3.05, 3.63) is 47.0 Å². The monoisotopic (exact) mass is 502 g/mol. The summed E-state index contributed by atoms with van der Waals surface area (Å²) in [7, 11) is -7.34. The number of sulfonamides is 1. The molecule has 1 N–H and O–H groups in total. The summed E-state index contributed by atoms with van der Waals surface area (Å²) in [6, 6.07) is 8.00. The summed E-state index contributed by atoms with van der Waals surface area (Å²) >= 11 is 6.13. The molecule has 0 saturated heterocycles. The van der Waals surface area contributed by atoms with E-state index in [1.54, 1.807) is 27.7 Å². The molecule has 176 valence electrons. The van der Waals surface area contributed by atoms with E-state index in [1.165, 1.54) is 40.7 Å². The molecule has 32 heavy (non-hydrogen) atoms. The van der Waals surface area contributed by atoms with Crippen molar-refractivity contribution in [3.63, 3.8) is 0 Å². The van der Waals surface area contributed by atoms with Crippen LogP contribution in [0.25, 0.3) is 0 Å². The lowest BCUT2D eigenvalue weighted by Gasteiger charge is -2.21. The van der Waals surface area contributed by atoms with Gasteiger partial charge in [-0.05, 0) is 50.2 Å². The lowest BCUT2D eigenvalue weighted by atomic mass is 10.2. The summed E-state index contributed by atoms with van der Waals surface area (Å²) in [5.41, 5.74) is 0.0554. The molecular formula is C21H27ClN2O6S2. The van der Waals surface area contributed by atoms with Gasteiger partial charge >= 0.3 is 0 Å². The maximum Gasteiger partial charge on any atom is 0.257 e. The quantitative estimate of drug-likeness (QED) is 0.558. The van der Waals surface area contributed by atoms with Crippen molar-refractivity contribution in [1.29, 1.82) is 0 Å². The molecule has 0 fully saturated rings. The van der Waals surface area contributed by atoms with Crippen molar-refractivity contribution in [2.75, 3.05) is 24.7 Å². The summed E-state index contributed by atoms with van der Waals surface area (Å²) in [4.78, 5) is 12.9. The molecule has 0 spiro atoms. The van der Waals surface area contributed by atoms with Gasteiger partial charge in [0.15, 0.2) is 9.84 Å². The number of anilines is 1. The minimum atomic E-state index is -3.78. The van der Waals surface area contributed by atoms with Crippen molar-refractivity contribution < 1.29 is 26.4 Å². The maximum absolute atomic E-state index is 13.0. The largest absolute Gasteiger partial charge is 0.489 e. The zero-order chi connectivity index (χ0) is 24.3. The number of carbonyl (C=O) groups excluding carboxylic acids is 1. The number of ether oxygens (including phenoxy) is 1. The summed E-state index contributed by atoms with van der Waals surface area (Å²) in [6.45, 7) is 7.63. The second-order valence-electron chi connectivity index (χ2n) is 7.28. The van der Waals surface area contributed by atoms with Gasteiger partial charge in [0.05, 0.1) is 32.2 Å². The zero-order valence-corrected chi connectivity index (χ0v) is 20.9. The zero-order valence-electron chi connectivity index (χ0n) is 18.5. The number of hydrogen-bond acceptors (Lipinski definition) is 6. The first-order chi connectivity index (χ1) is 14.8. The van der Waals surface area contributed by atoms with Gasteiger partial charge in [0.1, 0.15) is 5.75 Å². The van der Waals surface area contributed by atoms with Crippen LogP contribution in [0.15, 0.2) is 46.2 Å². The first-order valence-corrected chi connectivity index (χ1v) is 13.6. The topological polar surface area (TPSA) is 110 Å². The van der Waals surface area contributed by atoms with Crippen LogP contribution in [0.3, 0.4) is 0 Å². The average Bonchev–Trinajstić information content (AvgIpc) is 2.68. The number of rotatable bonds is 9. The van der Waals surface area contributed by atoms with Crippen LogP contribution in [0.5, 0.6) is 5.75 Å². The minimum Gasteiger partial charge on any atom is -0.489 e. The summed E-state index contributed by atoms with van der Waals surface area (Å²) < 4.78 is 56.6. The third kappa shape index (κ3) is 6.00. The fraction of sp³-hybridized carbons (Fsp3) is 0.381. The molecular weight excluding hydrogens is 476 g/mol. The Morgan fingerprint density at radius 3 is 2.16 bits per heavy atom. The number of nitrogens with zero attached hydrogens (tertiary/aromatic N) is 1. The number of nitrogens with one attached hydrogen (secondary N) is 1. The predicted octanol–water partition coefficient (Wildman–Crippen LogP) is 3.81. The van der Waals surface area contributed by atoms with Gasteiger partial charge in [-0.25, -0.2) is 16.8 Å². The second kappa shape index (κ2) is 10.2. The highest BCUT2D eigenvalue weighted by Gasteiger charge is 2.24. The van der Waals surface area contributed by atoms with Crippen LogP contribution in [-0.4, -0.2) is 52.5 Å². The fourth-order valence-electron chi connectivity index (χ4n) is 2.94.